The molecule has 0 bridgehead atoms. The zero-order chi connectivity index (χ0) is 18.8. The number of nitrogens with zero attached hydrogens (tertiary/aromatic N) is 2. The fourth-order valence-electron chi connectivity index (χ4n) is 2.50. The van der Waals surface area contributed by atoms with Gasteiger partial charge in [0.15, 0.2) is 0 Å². The molecule has 0 amide bonds. The summed E-state index contributed by atoms with van der Waals surface area (Å²) in [5.41, 5.74) is -0.409. The number of nitriles is 1. The van der Waals surface area contributed by atoms with Crippen molar-refractivity contribution >= 4 is 16.9 Å². The topological polar surface area (TPSA) is 108 Å². The van der Waals surface area contributed by atoms with E-state index in [4.69, 9.17) is 10.00 Å². The number of H-pyrrole nitrogens is 1. The first-order valence-corrected chi connectivity index (χ1v) is 7.73. The van der Waals surface area contributed by atoms with Gasteiger partial charge in [0, 0.05) is 24.3 Å². The summed E-state index contributed by atoms with van der Waals surface area (Å²) in [5, 5.41) is 19.2. The van der Waals surface area contributed by atoms with Gasteiger partial charge >= 0.3 is 5.97 Å². The van der Waals surface area contributed by atoms with Crippen LogP contribution in [0.3, 0.4) is 0 Å². The van der Waals surface area contributed by atoms with Crippen molar-refractivity contribution in [3.8, 4) is 17.9 Å². The predicted octanol–water partition coefficient (Wildman–Crippen LogP) is 1.37. The standard InChI is InChI=1S/C18H19N3O4/c1-5-25-17(23)13-11(2)20-15-14(13)12(10-21(4)16(15)22)6-7-18(3,24)8-9-19/h10,20,24H,5,8H2,1-4H3. The van der Waals surface area contributed by atoms with E-state index in [9.17, 15) is 14.7 Å². The molecule has 130 valence electrons. The van der Waals surface area contributed by atoms with E-state index in [0.29, 0.717) is 16.6 Å². The maximum Gasteiger partial charge on any atom is 0.340 e. The SMILES string of the molecule is CCOC(=O)c1c(C)[nH]c2c(=O)n(C)cc(C#CC(C)(O)CC#N)c12. The summed E-state index contributed by atoms with van der Waals surface area (Å²) in [6, 6.07) is 1.86. The average Bonchev–Trinajstić information content (AvgIpc) is 2.87. The van der Waals surface area contributed by atoms with Crippen molar-refractivity contribution in [2.45, 2.75) is 32.8 Å². The summed E-state index contributed by atoms with van der Waals surface area (Å²) in [5.74, 6) is 4.87. The Hall–Kier alpha value is -3.03. The lowest BCUT2D eigenvalue weighted by Crippen LogP contribution is -2.20. The molecule has 25 heavy (non-hydrogen) atoms. The van der Waals surface area contributed by atoms with Crippen LogP contribution in [0.15, 0.2) is 11.0 Å². The fourth-order valence-corrected chi connectivity index (χ4v) is 2.50. The number of ether oxygens (including phenoxy) is 1. The van der Waals surface area contributed by atoms with Gasteiger partial charge in [0.1, 0.15) is 11.1 Å². The summed E-state index contributed by atoms with van der Waals surface area (Å²) in [4.78, 5) is 27.6. The normalized spacial score (nSPS) is 12.8. The molecule has 1 unspecified atom stereocenters. The Kier molecular flexibility index (Phi) is 5.01. The largest absolute Gasteiger partial charge is 0.462 e. The lowest BCUT2D eigenvalue weighted by Gasteiger charge is -2.10. The lowest BCUT2D eigenvalue weighted by atomic mass is 10.0. The number of esters is 1. The van der Waals surface area contributed by atoms with Crippen molar-refractivity contribution in [3.05, 3.63) is 33.4 Å². The van der Waals surface area contributed by atoms with Crippen LogP contribution in [-0.4, -0.2) is 32.8 Å². The maximum atomic E-state index is 12.4. The number of pyridine rings is 1. The van der Waals surface area contributed by atoms with Gasteiger partial charge in [-0.3, -0.25) is 4.79 Å². The Morgan fingerprint density at radius 2 is 2.20 bits per heavy atom. The molecule has 0 aromatic carbocycles. The molecule has 0 aliphatic carbocycles. The number of carbonyl (C=O) groups is 1. The van der Waals surface area contributed by atoms with Crippen molar-refractivity contribution in [1.29, 1.82) is 5.26 Å². The van der Waals surface area contributed by atoms with E-state index >= 15 is 0 Å². The van der Waals surface area contributed by atoms with E-state index in [1.165, 1.54) is 17.7 Å². The van der Waals surface area contributed by atoms with Gasteiger partial charge in [-0.2, -0.15) is 5.26 Å². The van der Waals surface area contributed by atoms with Gasteiger partial charge in [-0.05, 0) is 20.8 Å². The number of hydrogen-bond donors (Lipinski definition) is 2. The molecule has 0 fully saturated rings. The first kappa shape index (κ1) is 18.3. The number of aryl methyl sites for hydroxylation is 2. The summed E-state index contributed by atoms with van der Waals surface area (Å²) in [7, 11) is 1.57. The van der Waals surface area contributed by atoms with Crippen LogP contribution in [0.1, 0.15) is 41.9 Å². The first-order chi connectivity index (χ1) is 11.7. The molecule has 0 spiro atoms. The Balaban J connectivity index is 2.79. The predicted molar refractivity (Wildman–Crippen MR) is 92.0 cm³/mol. The minimum atomic E-state index is -1.49. The van der Waals surface area contributed by atoms with E-state index in [2.05, 4.69) is 16.8 Å². The highest BCUT2D eigenvalue weighted by atomic mass is 16.5. The van der Waals surface area contributed by atoms with Gasteiger partial charge in [-0.1, -0.05) is 11.8 Å². The van der Waals surface area contributed by atoms with Crippen LogP contribution in [0.25, 0.3) is 10.9 Å². The van der Waals surface area contributed by atoms with Crippen molar-refractivity contribution < 1.29 is 14.6 Å². The van der Waals surface area contributed by atoms with Crippen LogP contribution in [0.5, 0.6) is 0 Å². The first-order valence-electron chi connectivity index (χ1n) is 7.73. The van der Waals surface area contributed by atoms with Gasteiger partial charge in [0.05, 0.1) is 30.2 Å². The molecule has 2 heterocycles. The highest BCUT2D eigenvalue weighted by molar-refractivity contribution is 6.07. The Morgan fingerprint density at radius 3 is 2.80 bits per heavy atom. The van der Waals surface area contributed by atoms with Crippen LogP contribution in [0.4, 0.5) is 0 Å². The minimum absolute atomic E-state index is 0.161. The zero-order valence-electron chi connectivity index (χ0n) is 14.6. The molecule has 2 aromatic rings. The number of aliphatic hydroxyl groups is 1. The molecule has 0 saturated heterocycles. The summed E-state index contributed by atoms with van der Waals surface area (Å²) >= 11 is 0. The van der Waals surface area contributed by atoms with E-state index in [0.717, 1.165) is 0 Å². The molecule has 2 N–H and O–H groups in total. The molecule has 2 rings (SSSR count). The van der Waals surface area contributed by atoms with Crippen molar-refractivity contribution in [3.63, 3.8) is 0 Å². The molecular weight excluding hydrogens is 322 g/mol. The Labute approximate surface area is 144 Å². The van der Waals surface area contributed by atoms with Crippen LogP contribution in [0, 0.1) is 30.1 Å². The number of aromatic nitrogens is 2. The average molecular weight is 341 g/mol. The van der Waals surface area contributed by atoms with Gasteiger partial charge in [0.2, 0.25) is 0 Å². The monoisotopic (exact) mass is 341 g/mol. The Bertz CT molecular complexity index is 994. The maximum absolute atomic E-state index is 12.4. The number of carbonyl (C=O) groups excluding carboxylic acids is 1. The number of hydrogen-bond acceptors (Lipinski definition) is 5. The van der Waals surface area contributed by atoms with E-state index in [1.54, 1.807) is 20.9 Å². The van der Waals surface area contributed by atoms with Crippen LogP contribution in [0.2, 0.25) is 0 Å². The van der Waals surface area contributed by atoms with Crippen LogP contribution >= 0.6 is 0 Å². The second kappa shape index (κ2) is 6.84. The number of fused-ring (bicyclic) bond motifs is 1. The number of rotatable bonds is 3. The van der Waals surface area contributed by atoms with Crippen LogP contribution in [-0.2, 0) is 11.8 Å². The highest BCUT2D eigenvalue weighted by Crippen LogP contribution is 2.24. The molecular formula is C18H19N3O4. The van der Waals surface area contributed by atoms with Gasteiger partial charge in [-0.25, -0.2) is 4.79 Å². The molecule has 0 saturated carbocycles. The molecule has 1 atom stereocenters. The third kappa shape index (κ3) is 3.57. The summed E-state index contributed by atoms with van der Waals surface area (Å²) in [6.07, 6.45) is 1.34. The minimum Gasteiger partial charge on any atom is -0.462 e. The zero-order valence-corrected chi connectivity index (χ0v) is 14.6. The fraction of sp³-hybridized carbons (Fsp3) is 0.389. The second-order valence-corrected chi connectivity index (χ2v) is 5.91. The van der Waals surface area contributed by atoms with Gasteiger partial charge < -0.3 is 19.4 Å². The number of nitrogens with one attached hydrogen (secondary N) is 1. The van der Waals surface area contributed by atoms with E-state index < -0.39 is 11.6 Å². The summed E-state index contributed by atoms with van der Waals surface area (Å²) < 4.78 is 6.42. The van der Waals surface area contributed by atoms with E-state index in [1.807, 2.05) is 6.07 Å². The quantitative estimate of drug-likeness (QED) is 0.647. The molecule has 0 radical (unpaired) electrons. The van der Waals surface area contributed by atoms with Crippen LogP contribution < -0.4 is 5.56 Å². The molecule has 2 aromatic heterocycles. The van der Waals surface area contributed by atoms with Crippen molar-refractivity contribution in [2.24, 2.45) is 7.05 Å². The van der Waals surface area contributed by atoms with E-state index in [-0.39, 0.29) is 29.7 Å². The second-order valence-electron chi connectivity index (χ2n) is 5.91. The third-order valence-corrected chi connectivity index (χ3v) is 3.68. The molecule has 0 aliphatic rings. The number of aromatic amines is 1. The Morgan fingerprint density at radius 1 is 1.52 bits per heavy atom. The van der Waals surface area contributed by atoms with Crippen molar-refractivity contribution in [1.82, 2.24) is 9.55 Å². The molecule has 7 nitrogen and oxygen atoms in total. The molecule has 0 aliphatic heterocycles. The van der Waals surface area contributed by atoms with Gasteiger partial charge in [-0.15, -0.1) is 0 Å². The van der Waals surface area contributed by atoms with Gasteiger partial charge in [0.25, 0.3) is 5.56 Å². The summed E-state index contributed by atoms with van der Waals surface area (Å²) in [6.45, 7) is 5.00. The molecule has 7 heteroatoms. The smallest absolute Gasteiger partial charge is 0.340 e. The lowest BCUT2D eigenvalue weighted by molar-refractivity contribution is 0.0528. The highest BCUT2D eigenvalue weighted by Gasteiger charge is 2.22. The third-order valence-electron chi connectivity index (χ3n) is 3.68. The van der Waals surface area contributed by atoms with Crippen molar-refractivity contribution in [2.75, 3.05) is 6.61 Å².